The summed E-state index contributed by atoms with van der Waals surface area (Å²) in [7, 11) is 0. The van der Waals surface area contributed by atoms with E-state index < -0.39 is 17.8 Å². The minimum Gasteiger partial charge on any atom is -0.352 e. The monoisotopic (exact) mass is 419 g/mol. The number of hydrogen-bond acceptors (Lipinski definition) is 4. The van der Waals surface area contributed by atoms with Crippen molar-refractivity contribution < 1.29 is 18.0 Å². The van der Waals surface area contributed by atoms with E-state index in [9.17, 15) is 18.0 Å². The Hall–Kier alpha value is -2.94. The molecule has 0 aliphatic rings. The third-order valence-corrected chi connectivity index (χ3v) is 4.91. The molecule has 0 bridgehead atoms. The number of hydrogen-bond donors (Lipinski definition) is 1. The van der Waals surface area contributed by atoms with E-state index in [1.54, 1.807) is 30.3 Å². The van der Waals surface area contributed by atoms with Crippen LogP contribution in [0.4, 0.5) is 13.2 Å². The average molecular weight is 419 g/mol. The largest absolute Gasteiger partial charge is 0.433 e. The van der Waals surface area contributed by atoms with Crippen LogP contribution >= 0.6 is 0 Å². The number of alkyl halides is 3. The molecule has 0 aliphatic carbocycles. The van der Waals surface area contributed by atoms with Crippen LogP contribution in [0.15, 0.2) is 42.6 Å². The Morgan fingerprint density at radius 2 is 1.87 bits per heavy atom. The van der Waals surface area contributed by atoms with Crippen LogP contribution in [0.5, 0.6) is 0 Å². The molecule has 0 fully saturated rings. The van der Waals surface area contributed by atoms with Gasteiger partial charge in [0.15, 0.2) is 11.3 Å². The van der Waals surface area contributed by atoms with E-state index in [4.69, 9.17) is 0 Å². The first-order chi connectivity index (χ1) is 14.3. The lowest BCUT2D eigenvalue weighted by Crippen LogP contribution is -2.30. The maximum absolute atomic E-state index is 13.6. The number of nitrogens with one attached hydrogen (secondary N) is 1. The predicted molar refractivity (Wildman–Crippen MR) is 108 cm³/mol. The van der Waals surface area contributed by atoms with E-state index >= 15 is 0 Å². The first kappa shape index (κ1) is 21.8. The van der Waals surface area contributed by atoms with Crippen molar-refractivity contribution in [1.82, 2.24) is 24.8 Å². The van der Waals surface area contributed by atoms with Crippen LogP contribution in [0.1, 0.15) is 36.3 Å². The molecule has 1 amide bonds. The van der Waals surface area contributed by atoms with Gasteiger partial charge in [0.2, 0.25) is 0 Å². The highest BCUT2D eigenvalue weighted by Gasteiger charge is 2.36. The van der Waals surface area contributed by atoms with Crippen LogP contribution in [-0.4, -0.2) is 51.6 Å². The van der Waals surface area contributed by atoms with Gasteiger partial charge in [0.25, 0.3) is 5.91 Å². The van der Waals surface area contributed by atoms with Crippen LogP contribution in [0.3, 0.4) is 0 Å². The number of nitrogens with zero attached hydrogens (tertiary/aromatic N) is 4. The summed E-state index contributed by atoms with van der Waals surface area (Å²) in [6.07, 6.45) is -2.77. The van der Waals surface area contributed by atoms with Crippen molar-refractivity contribution in [2.45, 2.75) is 26.4 Å². The second-order valence-corrected chi connectivity index (χ2v) is 6.82. The molecule has 1 aromatic carbocycles. The SMILES string of the molecule is CCN(CC)CCCNC(=O)c1cnn2c(C(F)(F)F)cc(-c3ccccc3)nc12. The highest BCUT2D eigenvalue weighted by atomic mass is 19.4. The first-order valence-electron chi connectivity index (χ1n) is 9.87. The average Bonchev–Trinajstić information content (AvgIpc) is 3.17. The minimum atomic E-state index is -4.64. The Morgan fingerprint density at radius 1 is 1.17 bits per heavy atom. The van der Waals surface area contributed by atoms with Gasteiger partial charge in [0.1, 0.15) is 5.56 Å². The molecule has 30 heavy (non-hydrogen) atoms. The molecule has 0 atom stereocenters. The van der Waals surface area contributed by atoms with Crippen molar-refractivity contribution >= 4 is 11.6 Å². The Bertz CT molecular complexity index is 997. The topological polar surface area (TPSA) is 62.5 Å². The summed E-state index contributed by atoms with van der Waals surface area (Å²) in [5.74, 6) is -0.490. The molecular formula is C21H24F3N5O. The molecule has 160 valence electrons. The van der Waals surface area contributed by atoms with Gasteiger partial charge in [-0.05, 0) is 32.1 Å². The van der Waals surface area contributed by atoms with Gasteiger partial charge in [-0.15, -0.1) is 0 Å². The van der Waals surface area contributed by atoms with E-state index in [2.05, 4.69) is 34.1 Å². The van der Waals surface area contributed by atoms with Gasteiger partial charge >= 0.3 is 6.18 Å². The van der Waals surface area contributed by atoms with Gasteiger partial charge in [-0.3, -0.25) is 4.79 Å². The molecule has 3 rings (SSSR count). The number of aromatic nitrogens is 3. The molecule has 6 nitrogen and oxygen atoms in total. The van der Waals surface area contributed by atoms with E-state index in [1.807, 2.05) is 0 Å². The van der Waals surface area contributed by atoms with Gasteiger partial charge in [-0.2, -0.15) is 18.3 Å². The predicted octanol–water partition coefficient (Wildman–Crippen LogP) is 3.88. The third-order valence-electron chi connectivity index (χ3n) is 4.91. The van der Waals surface area contributed by atoms with E-state index in [1.165, 1.54) is 0 Å². The Labute approximate surface area is 172 Å². The molecule has 0 unspecified atom stereocenters. The molecule has 2 heterocycles. The van der Waals surface area contributed by atoms with Crippen molar-refractivity contribution in [2.24, 2.45) is 0 Å². The number of amides is 1. The number of fused-ring (bicyclic) bond motifs is 1. The first-order valence-corrected chi connectivity index (χ1v) is 9.87. The second kappa shape index (κ2) is 9.25. The van der Waals surface area contributed by atoms with Gasteiger partial charge < -0.3 is 10.2 Å². The quantitative estimate of drug-likeness (QED) is 0.563. The van der Waals surface area contributed by atoms with Crippen molar-refractivity contribution in [3.05, 3.63) is 53.9 Å². The molecule has 9 heteroatoms. The molecule has 0 spiro atoms. The maximum atomic E-state index is 13.6. The van der Waals surface area contributed by atoms with Crippen molar-refractivity contribution in [3.8, 4) is 11.3 Å². The molecule has 3 aromatic rings. The number of rotatable bonds is 8. The summed E-state index contributed by atoms with van der Waals surface area (Å²) in [5.41, 5.74) is -0.429. The Morgan fingerprint density at radius 3 is 2.50 bits per heavy atom. The fourth-order valence-corrected chi connectivity index (χ4v) is 3.22. The summed E-state index contributed by atoms with van der Waals surface area (Å²) in [4.78, 5) is 19.2. The van der Waals surface area contributed by atoms with Crippen molar-refractivity contribution in [2.75, 3.05) is 26.2 Å². The molecular weight excluding hydrogens is 395 g/mol. The molecule has 0 saturated carbocycles. The molecule has 0 radical (unpaired) electrons. The normalized spacial score (nSPS) is 11.9. The number of carbonyl (C=O) groups excluding carboxylic acids is 1. The smallest absolute Gasteiger partial charge is 0.352 e. The van der Waals surface area contributed by atoms with Crippen LogP contribution in [0.25, 0.3) is 16.9 Å². The lowest BCUT2D eigenvalue weighted by Gasteiger charge is -2.17. The molecule has 1 N–H and O–H groups in total. The van der Waals surface area contributed by atoms with Crippen LogP contribution in [0.2, 0.25) is 0 Å². The molecule has 2 aromatic heterocycles. The summed E-state index contributed by atoms with van der Waals surface area (Å²) in [6, 6.07) is 9.48. The lowest BCUT2D eigenvalue weighted by molar-refractivity contribution is -0.142. The van der Waals surface area contributed by atoms with E-state index in [0.717, 1.165) is 38.3 Å². The zero-order valence-corrected chi connectivity index (χ0v) is 16.9. The van der Waals surface area contributed by atoms with Gasteiger partial charge in [0.05, 0.1) is 11.9 Å². The highest BCUT2D eigenvalue weighted by Crippen LogP contribution is 2.32. The van der Waals surface area contributed by atoms with Crippen molar-refractivity contribution in [3.63, 3.8) is 0 Å². The Kier molecular flexibility index (Phi) is 6.71. The molecule has 0 saturated heterocycles. The number of carbonyl (C=O) groups is 1. The minimum absolute atomic E-state index is 0.0149. The third kappa shape index (κ3) is 4.79. The van der Waals surface area contributed by atoms with Crippen LogP contribution in [0, 0.1) is 0 Å². The summed E-state index contributed by atoms with van der Waals surface area (Å²) < 4.78 is 41.5. The zero-order valence-electron chi connectivity index (χ0n) is 16.9. The second-order valence-electron chi connectivity index (χ2n) is 6.82. The highest BCUT2D eigenvalue weighted by molar-refractivity contribution is 5.99. The lowest BCUT2D eigenvalue weighted by atomic mass is 10.1. The van der Waals surface area contributed by atoms with Crippen LogP contribution in [-0.2, 0) is 6.18 Å². The fraction of sp³-hybridized carbons (Fsp3) is 0.381. The summed E-state index contributed by atoms with van der Waals surface area (Å²) in [5, 5.41) is 6.55. The van der Waals surface area contributed by atoms with E-state index in [-0.39, 0.29) is 16.9 Å². The maximum Gasteiger partial charge on any atom is 0.433 e. The summed E-state index contributed by atoms with van der Waals surface area (Å²) >= 11 is 0. The zero-order chi connectivity index (χ0) is 21.7. The van der Waals surface area contributed by atoms with Crippen molar-refractivity contribution in [1.29, 1.82) is 0 Å². The van der Waals surface area contributed by atoms with Crippen LogP contribution < -0.4 is 5.32 Å². The van der Waals surface area contributed by atoms with Gasteiger partial charge in [-0.25, -0.2) is 9.50 Å². The Balaban J connectivity index is 1.90. The molecule has 0 aliphatic heterocycles. The van der Waals surface area contributed by atoms with E-state index in [0.29, 0.717) is 16.6 Å². The fourth-order valence-electron chi connectivity index (χ4n) is 3.22. The number of halogens is 3. The van der Waals surface area contributed by atoms with Gasteiger partial charge in [0, 0.05) is 12.1 Å². The number of benzene rings is 1. The summed E-state index contributed by atoms with van der Waals surface area (Å²) in [6.45, 7) is 7.22. The van der Waals surface area contributed by atoms with Gasteiger partial charge in [-0.1, -0.05) is 44.2 Å². The standard InChI is InChI=1S/C21H24F3N5O/c1-3-28(4-2)12-8-11-25-20(30)16-14-26-29-18(21(22,23)24)13-17(27-19(16)29)15-9-6-5-7-10-15/h5-7,9-10,13-14H,3-4,8,11-12H2,1-2H3,(H,25,30).